The van der Waals surface area contributed by atoms with E-state index in [1.54, 1.807) is 50.2 Å². The summed E-state index contributed by atoms with van der Waals surface area (Å²) in [6, 6.07) is 22.7. The Morgan fingerprint density at radius 2 is 0.976 bits per heavy atom. The fourth-order valence-electron chi connectivity index (χ4n) is 15.0. The molecule has 14 nitrogen and oxygen atoms in total. The molecule has 4 aliphatic heterocycles. The molecule has 4 N–H and O–H groups in total. The van der Waals surface area contributed by atoms with Gasteiger partial charge in [0.15, 0.2) is 0 Å². The first-order valence-electron chi connectivity index (χ1n) is 30.3. The molecule has 0 radical (unpaired) electrons. The minimum absolute atomic E-state index is 0.0746. The number of nitrogens with one attached hydrogen (secondary N) is 2. The molecule has 0 saturated heterocycles. The lowest BCUT2D eigenvalue weighted by atomic mass is 9.64. The topological polar surface area (TPSA) is 192 Å². The molecule has 12 rings (SSSR count). The molecule has 4 aliphatic carbocycles. The Hall–Kier alpha value is -5.10. The number of rotatable bonds is 0. The molecule has 0 aromatic heterocycles. The molecule has 4 bridgehead atoms. The Bertz CT molecular complexity index is 3270. The summed E-state index contributed by atoms with van der Waals surface area (Å²) in [4.78, 5) is 31.3. The Morgan fingerprint density at radius 3 is 1.36 bits per heavy atom. The van der Waals surface area contributed by atoms with Crippen LogP contribution in [0.4, 0.5) is 11.4 Å². The zero-order valence-corrected chi connectivity index (χ0v) is 52.4. The number of benzene rings is 4. The summed E-state index contributed by atoms with van der Waals surface area (Å²) in [5.74, 6) is 0.250. The van der Waals surface area contributed by atoms with E-state index in [4.69, 9.17) is 32.7 Å². The molecular weight excluding hydrogens is 1140 g/mol. The summed E-state index contributed by atoms with van der Waals surface area (Å²) in [5, 5.41) is 23.0. The second-order valence-corrected chi connectivity index (χ2v) is 31.5. The van der Waals surface area contributed by atoms with Crippen LogP contribution in [0, 0.1) is 35.5 Å². The highest BCUT2D eigenvalue weighted by molar-refractivity contribution is 7.91. The molecule has 2 fully saturated rings. The van der Waals surface area contributed by atoms with Gasteiger partial charge in [-0.2, -0.15) is 0 Å². The molecule has 4 heterocycles. The smallest absolute Gasteiger partial charge is 0.264 e. The number of sulfonamides is 2. The van der Waals surface area contributed by atoms with Gasteiger partial charge in [0, 0.05) is 58.2 Å². The number of aliphatic hydroxyl groups is 2. The van der Waals surface area contributed by atoms with Crippen LogP contribution in [-0.2, 0) is 43.7 Å². The fraction of sp³-hybridized carbons (Fsp3) is 0.545. The van der Waals surface area contributed by atoms with E-state index in [9.17, 15) is 36.6 Å². The molecule has 0 unspecified atom stereocenters. The van der Waals surface area contributed by atoms with Crippen LogP contribution in [0.5, 0.6) is 11.5 Å². The third-order valence-electron chi connectivity index (χ3n) is 20.8. The molecule has 18 heteroatoms. The van der Waals surface area contributed by atoms with Gasteiger partial charge in [-0.3, -0.25) is 9.59 Å². The molecule has 12 atom stereocenters. The fourth-order valence-corrected chi connectivity index (χ4v) is 18.0. The molecule has 452 valence electrons. The number of carbonyl (C=O) groups excluding carboxylic acids is 2. The number of ether oxygens (including phenoxy) is 2. The maximum absolute atomic E-state index is 13.3. The number of aryl methyl sites for hydroxylation is 2. The highest BCUT2D eigenvalue weighted by atomic mass is 35.5. The van der Waals surface area contributed by atoms with E-state index in [0.717, 1.165) is 85.6 Å². The second kappa shape index (κ2) is 23.2. The Labute approximate surface area is 506 Å². The van der Waals surface area contributed by atoms with Crippen LogP contribution < -0.4 is 28.7 Å². The number of anilines is 2. The number of carbonyl (C=O) groups is 2. The largest absolute Gasteiger partial charge is 0.490 e. The van der Waals surface area contributed by atoms with Gasteiger partial charge in [0.1, 0.15) is 11.5 Å². The highest BCUT2D eigenvalue weighted by Crippen LogP contribution is 2.51. The van der Waals surface area contributed by atoms with Gasteiger partial charge in [0.25, 0.3) is 11.8 Å². The number of allylic oxidation sites excluding steroid dienone is 2. The number of halogens is 2. The molecule has 4 aromatic rings. The SMILES string of the molecule is C[C@@H]1[C@@H](C)C/C=C/[C@@](C)(O)[C@@H]2CC[C@H]2CN2C[C@@]3(CCCc4cc(Cl)ccc43)COc3ccc(cc32)C(=O)NS1(=O)=O.C[C@@H]1[C@@H](C)C/C=C/[C@](C)(O)[C@@H]2CC[C@H]2CN2C[C@@]3(CCCc4cc(Cl)ccc43)COc3ccc(cc32)C(=O)NS1(=O)=O. The lowest BCUT2D eigenvalue weighted by Gasteiger charge is -2.48. The number of hydrogen-bond donors (Lipinski definition) is 4. The molecule has 4 aromatic carbocycles. The molecule has 84 heavy (non-hydrogen) atoms. The summed E-state index contributed by atoms with van der Waals surface area (Å²) < 4.78 is 70.5. The summed E-state index contributed by atoms with van der Waals surface area (Å²) >= 11 is 12.8. The van der Waals surface area contributed by atoms with Crippen molar-refractivity contribution in [3.8, 4) is 11.5 Å². The molecule has 8 aliphatic rings. The normalized spacial score (nSPS) is 35.1. The Balaban J connectivity index is 0.000000175. The van der Waals surface area contributed by atoms with E-state index in [1.807, 2.05) is 64.1 Å². The van der Waals surface area contributed by atoms with E-state index in [1.165, 1.54) is 22.3 Å². The molecule has 2 amide bonds. The Morgan fingerprint density at radius 1 is 0.571 bits per heavy atom. The predicted octanol–water partition coefficient (Wildman–Crippen LogP) is 11.3. The van der Waals surface area contributed by atoms with Gasteiger partial charge in [-0.15, -0.1) is 0 Å². The summed E-state index contributed by atoms with van der Waals surface area (Å²) in [6.07, 6.45) is 18.2. The Kier molecular flexibility index (Phi) is 16.7. The number of amides is 2. The van der Waals surface area contributed by atoms with Crippen LogP contribution >= 0.6 is 23.2 Å². The monoisotopic (exact) mass is 1220 g/mol. The van der Waals surface area contributed by atoms with E-state index >= 15 is 0 Å². The first-order chi connectivity index (χ1) is 39.8. The van der Waals surface area contributed by atoms with Crippen LogP contribution in [-0.4, -0.2) is 100.0 Å². The van der Waals surface area contributed by atoms with Crippen molar-refractivity contribution in [1.82, 2.24) is 9.44 Å². The molecule has 2 spiro atoms. The third kappa shape index (κ3) is 11.9. The van der Waals surface area contributed by atoms with Crippen molar-refractivity contribution in [2.24, 2.45) is 35.5 Å². The number of hydrogen-bond acceptors (Lipinski definition) is 12. The van der Waals surface area contributed by atoms with Crippen molar-refractivity contribution in [2.75, 3.05) is 49.2 Å². The lowest BCUT2D eigenvalue weighted by Crippen LogP contribution is -2.51. The van der Waals surface area contributed by atoms with Gasteiger partial charge in [-0.25, -0.2) is 26.3 Å². The van der Waals surface area contributed by atoms with E-state index in [0.29, 0.717) is 63.7 Å². The quantitative estimate of drug-likeness (QED) is 0.122. The maximum Gasteiger partial charge on any atom is 0.264 e. The van der Waals surface area contributed by atoms with Crippen LogP contribution in [0.15, 0.2) is 97.1 Å². The van der Waals surface area contributed by atoms with Gasteiger partial charge in [0.2, 0.25) is 20.0 Å². The maximum atomic E-state index is 13.3. The first kappa shape index (κ1) is 60.6. The summed E-state index contributed by atoms with van der Waals surface area (Å²) in [5.41, 5.74) is 4.60. The average molecular weight is 1230 g/mol. The van der Waals surface area contributed by atoms with Crippen molar-refractivity contribution >= 4 is 66.4 Å². The number of nitrogens with zero attached hydrogens (tertiary/aromatic N) is 2. The summed E-state index contributed by atoms with van der Waals surface area (Å²) in [7, 11) is -7.85. The van der Waals surface area contributed by atoms with Crippen LogP contribution in [0.2, 0.25) is 10.0 Å². The van der Waals surface area contributed by atoms with Crippen molar-refractivity contribution in [2.45, 2.75) is 151 Å². The van der Waals surface area contributed by atoms with Crippen molar-refractivity contribution < 1.29 is 46.1 Å². The molecular formula is C66H82Cl2N4O10S2. The second-order valence-electron chi connectivity index (χ2n) is 26.5. The van der Waals surface area contributed by atoms with Crippen molar-refractivity contribution in [3.05, 3.63) is 141 Å². The minimum Gasteiger partial charge on any atom is -0.490 e. The lowest BCUT2D eigenvalue weighted by molar-refractivity contribution is -0.0318. The third-order valence-corrected chi connectivity index (χ3v) is 25.1. The van der Waals surface area contributed by atoms with Gasteiger partial charge in [-0.1, -0.05) is 73.5 Å². The zero-order chi connectivity index (χ0) is 59.7. The van der Waals surface area contributed by atoms with E-state index < -0.39 is 53.6 Å². The first-order valence-corrected chi connectivity index (χ1v) is 34.2. The van der Waals surface area contributed by atoms with E-state index in [2.05, 4.69) is 43.5 Å². The zero-order valence-electron chi connectivity index (χ0n) is 49.2. The summed E-state index contributed by atoms with van der Waals surface area (Å²) in [6.45, 7) is 14.5. The van der Waals surface area contributed by atoms with Gasteiger partial charge >= 0.3 is 0 Å². The predicted molar refractivity (Wildman–Crippen MR) is 332 cm³/mol. The highest BCUT2D eigenvalue weighted by Gasteiger charge is 2.49. The standard InChI is InChI=1S/2C33H41ClN2O5S/c2*1-21-6-4-14-32(3,38)27-11-8-25(27)18-36-19-33(15-5-7-23-16-26(34)10-12-28(23)33)20-41-30-13-9-24(17-29(30)36)31(37)35-42(39,40)22(21)2/h2*4,9-10,12-14,16-17,21-22,25,27,38H,5-8,11,15,18-20H2,1-3H3,(H,35,37)/b2*14-4+/t21-,22+,25-,27+,32+,33-;21-,22+,25-,27+,32-,33-/m00/s1. The van der Waals surface area contributed by atoms with E-state index in [-0.39, 0.29) is 57.5 Å². The van der Waals surface area contributed by atoms with Crippen LogP contribution in [0.25, 0.3) is 0 Å². The minimum atomic E-state index is -3.93. The number of fused-ring (bicyclic) bond motifs is 8. The van der Waals surface area contributed by atoms with Crippen molar-refractivity contribution in [1.29, 1.82) is 0 Å². The molecule has 2 saturated carbocycles. The van der Waals surface area contributed by atoms with Crippen LogP contribution in [0.3, 0.4) is 0 Å². The van der Waals surface area contributed by atoms with Crippen molar-refractivity contribution in [3.63, 3.8) is 0 Å². The van der Waals surface area contributed by atoms with Gasteiger partial charge in [-0.05, 0) is 223 Å². The van der Waals surface area contributed by atoms with Gasteiger partial charge < -0.3 is 29.5 Å². The van der Waals surface area contributed by atoms with Crippen LogP contribution in [0.1, 0.15) is 149 Å². The average Bonchev–Trinajstić information content (AvgIpc) is 1.84. The van der Waals surface area contributed by atoms with Gasteiger partial charge in [0.05, 0.1) is 46.3 Å².